The van der Waals surface area contributed by atoms with E-state index in [0.29, 0.717) is 12.5 Å². The summed E-state index contributed by atoms with van der Waals surface area (Å²) in [5, 5.41) is 0. The second-order valence-corrected chi connectivity index (χ2v) is 6.06. The molecular weight excluding hydrogens is 236 g/mol. The first-order valence-corrected chi connectivity index (χ1v) is 7.20. The number of hydrogen-bond acceptors (Lipinski definition) is 3. The number of nitrogens with zero attached hydrogens (tertiary/aromatic N) is 2. The summed E-state index contributed by atoms with van der Waals surface area (Å²) < 4.78 is 0. The van der Waals surface area contributed by atoms with E-state index in [4.69, 9.17) is 0 Å². The normalized spacial score (nSPS) is 15.9. The van der Waals surface area contributed by atoms with Gasteiger partial charge in [-0.05, 0) is 37.5 Å². The number of rotatable bonds is 4. The van der Waals surface area contributed by atoms with Crippen molar-refractivity contribution in [3.8, 4) is 0 Å². The topological polar surface area (TPSA) is 33.2 Å². The van der Waals surface area contributed by atoms with Crippen molar-refractivity contribution in [2.75, 3.05) is 6.54 Å². The SMILES string of the molecule is CC(C)C(=O)Cc1cc2c(cn1)CN(C(C)C)CC2. The van der Waals surface area contributed by atoms with Crippen molar-refractivity contribution in [2.45, 2.75) is 53.1 Å². The van der Waals surface area contributed by atoms with Crippen LogP contribution in [0.4, 0.5) is 0 Å². The Balaban J connectivity index is 2.11. The summed E-state index contributed by atoms with van der Waals surface area (Å²) in [6.45, 7) is 10.4. The molecule has 2 heterocycles. The molecule has 0 unspecified atom stereocenters. The summed E-state index contributed by atoms with van der Waals surface area (Å²) in [7, 11) is 0. The van der Waals surface area contributed by atoms with Gasteiger partial charge in [-0.25, -0.2) is 0 Å². The minimum absolute atomic E-state index is 0.0919. The molecular formula is C16H24N2O. The van der Waals surface area contributed by atoms with Crippen LogP contribution in [0.25, 0.3) is 0 Å². The minimum atomic E-state index is 0.0919. The fourth-order valence-corrected chi connectivity index (χ4v) is 2.43. The van der Waals surface area contributed by atoms with E-state index in [1.165, 1.54) is 11.1 Å². The van der Waals surface area contributed by atoms with Crippen molar-refractivity contribution in [1.82, 2.24) is 9.88 Å². The third kappa shape index (κ3) is 3.41. The molecule has 3 nitrogen and oxygen atoms in total. The van der Waals surface area contributed by atoms with Crippen LogP contribution in [0.5, 0.6) is 0 Å². The molecule has 0 radical (unpaired) electrons. The van der Waals surface area contributed by atoms with E-state index >= 15 is 0 Å². The lowest BCUT2D eigenvalue weighted by Crippen LogP contribution is -2.36. The van der Waals surface area contributed by atoms with E-state index in [1.807, 2.05) is 20.0 Å². The van der Waals surface area contributed by atoms with Crippen LogP contribution in [0.15, 0.2) is 12.3 Å². The van der Waals surface area contributed by atoms with Gasteiger partial charge in [0.2, 0.25) is 0 Å². The standard InChI is InChI=1S/C16H24N2O/c1-11(2)16(19)8-15-7-13-5-6-18(12(3)4)10-14(13)9-17-15/h7,9,11-12H,5-6,8,10H2,1-4H3. The number of Topliss-reactive ketones (excluding diaryl/α,β-unsaturated/α-hetero) is 1. The van der Waals surface area contributed by atoms with Gasteiger partial charge in [0.15, 0.2) is 0 Å². The zero-order valence-corrected chi connectivity index (χ0v) is 12.4. The molecule has 1 aromatic rings. The largest absolute Gasteiger partial charge is 0.299 e. The maximum atomic E-state index is 11.8. The van der Waals surface area contributed by atoms with Gasteiger partial charge >= 0.3 is 0 Å². The lowest BCUT2D eigenvalue weighted by Gasteiger charge is -2.31. The summed E-state index contributed by atoms with van der Waals surface area (Å²) in [5.74, 6) is 0.362. The van der Waals surface area contributed by atoms with Gasteiger partial charge < -0.3 is 0 Å². The van der Waals surface area contributed by atoms with Crippen molar-refractivity contribution < 1.29 is 4.79 Å². The van der Waals surface area contributed by atoms with Crippen LogP contribution in [0.3, 0.4) is 0 Å². The van der Waals surface area contributed by atoms with Gasteiger partial charge in [0, 0.05) is 43.4 Å². The van der Waals surface area contributed by atoms with Gasteiger partial charge in [-0.3, -0.25) is 14.7 Å². The van der Waals surface area contributed by atoms with Crippen LogP contribution < -0.4 is 0 Å². The van der Waals surface area contributed by atoms with Crippen molar-refractivity contribution in [2.24, 2.45) is 5.92 Å². The molecule has 1 aliphatic heterocycles. The Kier molecular flexibility index (Phi) is 4.35. The van der Waals surface area contributed by atoms with E-state index in [-0.39, 0.29) is 11.7 Å². The van der Waals surface area contributed by atoms with Crippen molar-refractivity contribution in [3.63, 3.8) is 0 Å². The first kappa shape index (κ1) is 14.2. The number of pyridine rings is 1. The Morgan fingerprint density at radius 2 is 2.05 bits per heavy atom. The van der Waals surface area contributed by atoms with E-state index in [0.717, 1.165) is 25.2 Å². The van der Waals surface area contributed by atoms with Crippen molar-refractivity contribution >= 4 is 5.78 Å². The van der Waals surface area contributed by atoms with E-state index in [2.05, 4.69) is 29.8 Å². The highest BCUT2D eigenvalue weighted by molar-refractivity contribution is 5.82. The number of carbonyl (C=O) groups excluding carboxylic acids is 1. The molecule has 0 atom stereocenters. The second kappa shape index (κ2) is 5.83. The number of carbonyl (C=O) groups is 1. The molecule has 3 heteroatoms. The Morgan fingerprint density at radius 1 is 1.32 bits per heavy atom. The van der Waals surface area contributed by atoms with Crippen molar-refractivity contribution in [3.05, 3.63) is 29.1 Å². The molecule has 19 heavy (non-hydrogen) atoms. The van der Waals surface area contributed by atoms with Gasteiger partial charge in [-0.2, -0.15) is 0 Å². The highest BCUT2D eigenvalue weighted by atomic mass is 16.1. The molecule has 0 bridgehead atoms. The monoisotopic (exact) mass is 260 g/mol. The average molecular weight is 260 g/mol. The van der Waals surface area contributed by atoms with Gasteiger partial charge in [0.05, 0.1) is 0 Å². The lowest BCUT2D eigenvalue weighted by atomic mass is 9.97. The predicted molar refractivity (Wildman–Crippen MR) is 77.0 cm³/mol. The van der Waals surface area contributed by atoms with Crippen LogP contribution in [-0.2, 0) is 24.2 Å². The molecule has 0 N–H and O–H groups in total. The molecule has 0 saturated heterocycles. The molecule has 0 aliphatic carbocycles. The minimum Gasteiger partial charge on any atom is -0.299 e. The number of fused-ring (bicyclic) bond motifs is 1. The quantitative estimate of drug-likeness (QED) is 0.834. The van der Waals surface area contributed by atoms with E-state index < -0.39 is 0 Å². The van der Waals surface area contributed by atoms with E-state index in [9.17, 15) is 4.79 Å². The summed E-state index contributed by atoms with van der Waals surface area (Å²) in [4.78, 5) is 18.7. The molecule has 0 fully saturated rings. The van der Waals surface area contributed by atoms with Crippen LogP contribution in [0, 0.1) is 5.92 Å². The molecule has 104 valence electrons. The number of ketones is 1. The molecule has 1 aliphatic rings. The average Bonchev–Trinajstić information content (AvgIpc) is 2.37. The number of hydrogen-bond donors (Lipinski definition) is 0. The maximum Gasteiger partial charge on any atom is 0.141 e. The lowest BCUT2D eigenvalue weighted by molar-refractivity contribution is -0.121. The summed E-state index contributed by atoms with van der Waals surface area (Å²) in [6, 6.07) is 2.71. The Bertz CT molecular complexity index is 466. The van der Waals surface area contributed by atoms with Gasteiger partial charge in [0.1, 0.15) is 5.78 Å². The van der Waals surface area contributed by atoms with Gasteiger partial charge in [-0.1, -0.05) is 13.8 Å². The fourth-order valence-electron chi connectivity index (χ4n) is 2.43. The Morgan fingerprint density at radius 3 is 2.68 bits per heavy atom. The smallest absolute Gasteiger partial charge is 0.141 e. The zero-order chi connectivity index (χ0) is 14.0. The van der Waals surface area contributed by atoms with Gasteiger partial charge in [0.25, 0.3) is 0 Å². The molecule has 0 amide bonds. The fraction of sp³-hybridized carbons (Fsp3) is 0.625. The highest BCUT2D eigenvalue weighted by Gasteiger charge is 2.19. The summed E-state index contributed by atoms with van der Waals surface area (Å²) >= 11 is 0. The van der Waals surface area contributed by atoms with Crippen LogP contribution >= 0.6 is 0 Å². The molecule has 0 spiro atoms. The Labute approximate surface area is 116 Å². The molecule has 0 aromatic carbocycles. The third-order valence-electron chi connectivity index (χ3n) is 3.91. The summed E-state index contributed by atoms with van der Waals surface area (Å²) in [5.41, 5.74) is 3.62. The second-order valence-electron chi connectivity index (χ2n) is 6.06. The van der Waals surface area contributed by atoms with Crippen LogP contribution in [-0.4, -0.2) is 28.3 Å². The third-order valence-corrected chi connectivity index (χ3v) is 3.91. The molecule has 0 saturated carbocycles. The first-order chi connectivity index (χ1) is 8.97. The van der Waals surface area contributed by atoms with E-state index in [1.54, 1.807) is 0 Å². The first-order valence-electron chi connectivity index (χ1n) is 7.20. The highest BCUT2D eigenvalue weighted by Crippen LogP contribution is 2.21. The molecule has 2 rings (SSSR count). The van der Waals surface area contributed by atoms with Crippen LogP contribution in [0.2, 0.25) is 0 Å². The summed E-state index contributed by atoms with van der Waals surface area (Å²) in [6.07, 6.45) is 3.50. The Hall–Kier alpha value is -1.22. The maximum absolute atomic E-state index is 11.8. The predicted octanol–water partition coefficient (Wildman–Crippen LogP) is 2.62. The van der Waals surface area contributed by atoms with Crippen LogP contribution in [0.1, 0.15) is 44.5 Å². The molecule has 1 aromatic heterocycles. The van der Waals surface area contributed by atoms with Crippen molar-refractivity contribution in [1.29, 1.82) is 0 Å². The number of aromatic nitrogens is 1. The van der Waals surface area contributed by atoms with Gasteiger partial charge in [-0.15, -0.1) is 0 Å². The zero-order valence-electron chi connectivity index (χ0n) is 12.4.